The number of nitrogens with zero attached hydrogens (tertiary/aromatic N) is 4. The van der Waals surface area contributed by atoms with Gasteiger partial charge in [0.05, 0.1) is 12.7 Å². The molecule has 0 radical (unpaired) electrons. The Hall–Kier alpha value is -1.92. The van der Waals surface area contributed by atoms with Crippen molar-refractivity contribution in [3.63, 3.8) is 0 Å². The second-order valence-electron chi connectivity index (χ2n) is 4.44. The van der Waals surface area contributed by atoms with Crippen LogP contribution >= 0.6 is 0 Å². The summed E-state index contributed by atoms with van der Waals surface area (Å²) in [7, 11) is 4.93. The Bertz CT molecular complexity index is 438. The van der Waals surface area contributed by atoms with Crippen molar-refractivity contribution in [3.8, 4) is 0 Å². The number of halogens is 1. The van der Waals surface area contributed by atoms with Gasteiger partial charge in [0.1, 0.15) is 0 Å². The minimum Gasteiger partial charge on any atom is -0.354 e. The number of amides is 1. The number of anilines is 2. The van der Waals surface area contributed by atoms with Crippen LogP contribution in [0.25, 0.3) is 0 Å². The molecule has 1 aromatic rings. The molecular formula is C12H20FN5O. The molecule has 106 valence electrons. The maximum atomic E-state index is 13.7. The van der Waals surface area contributed by atoms with Gasteiger partial charge in [-0.25, -0.2) is 9.37 Å². The number of carbonyl (C=O) groups is 1. The molecule has 6 nitrogen and oxygen atoms in total. The van der Waals surface area contributed by atoms with Gasteiger partial charge in [0.2, 0.25) is 11.9 Å². The lowest BCUT2D eigenvalue weighted by atomic mass is 10.4. The Morgan fingerprint density at radius 2 is 2.11 bits per heavy atom. The summed E-state index contributed by atoms with van der Waals surface area (Å²) in [5.74, 6) is -0.189. The van der Waals surface area contributed by atoms with Crippen molar-refractivity contribution in [1.82, 2.24) is 14.9 Å². The third-order valence-electron chi connectivity index (χ3n) is 2.49. The first kappa shape index (κ1) is 15.1. The molecule has 0 unspecified atom stereocenters. The van der Waals surface area contributed by atoms with E-state index in [9.17, 15) is 9.18 Å². The number of aromatic nitrogens is 2. The van der Waals surface area contributed by atoms with E-state index < -0.39 is 5.82 Å². The smallest absolute Gasteiger partial charge is 0.241 e. The molecule has 1 N–H and O–H groups in total. The average molecular weight is 269 g/mol. The second-order valence-corrected chi connectivity index (χ2v) is 4.44. The van der Waals surface area contributed by atoms with Crippen LogP contribution in [0, 0.1) is 5.82 Å². The van der Waals surface area contributed by atoms with E-state index >= 15 is 0 Å². The van der Waals surface area contributed by atoms with Gasteiger partial charge in [-0.2, -0.15) is 4.98 Å². The summed E-state index contributed by atoms with van der Waals surface area (Å²) < 4.78 is 13.7. The van der Waals surface area contributed by atoms with Crippen molar-refractivity contribution in [2.45, 2.75) is 13.3 Å². The topological polar surface area (TPSA) is 61.4 Å². The summed E-state index contributed by atoms with van der Waals surface area (Å²) in [6.45, 7) is 2.79. The highest BCUT2D eigenvalue weighted by atomic mass is 19.1. The van der Waals surface area contributed by atoms with Gasteiger partial charge in [0.15, 0.2) is 11.6 Å². The van der Waals surface area contributed by atoms with Crippen molar-refractivity contribution in [1.29, 1.82) is 0 Å². The summed E-state index contributed by atoms with van der Waals surface area (Å²) in [4.78, 5) is 22.5. The van der Waals surface area contributed by atoms with E-state index in [-0.39, 0.29) is 18.3 Å². The fourth-order valence-electron chi connectivity index (χ4n) is 1.37. The Kier molecular flexibility index (Phi) is 5.47. The molecule has 19 heavy (non-hydrogen) atoms. The summed E-state index contributed by atoms with van der Waals surface area (Å²) in [5, 5.41) is 2.98. The van der Waals surface area contributed by atoms with Crippen molar-refractivity contribution >= 4 is 17.7 Å². The first-order valence-electron chi connectivity index (χ1n) is 6.13. The lowest BCUT2D eigenvalue weighted by Crippen LogP contribution is -2.35. The molecule has 1 amide bonds. The van der Waals surface area contributed by atoms with E-state index in [1.807, 2.05) is 6.92 Å². The zero-order valence-electron chi connectivity index (χ0n) is 11.8. The van der Waals surface area contributed by atoms with E-state index in [4.69, 9.17) is 0 Å². The van der Waals surface area contributed by atoms with Gasteiger partial charge in [-0.3, -0.25) is 4.79 Å². The molecule has 0 atom stereocenters. The van der Waals surface area contributed by atoms with Crippen LogP contribution in [0.2, 0.25) is 0 Å². The van der Waals surface area contributed by atoms with E-state index in [0.717, 1.165) is 12.6 Å². The molecule has 0 saturated heterocycles. The molecule has 0 aliphatic heterocycles. The molecule has 0 saturated carbocycles. The van der Waals surface area contributed by atoms with Crippen LogP contribution in [0.15, 0.2) is 6.20 Å². The summed E-state index contributed by atoms with van der Waals surface area (Å²) >= 11 is 0. The van der Waals surface area contributed by atoms with Gasteiger partial charge in [-0.15, -0.1) is 0 Å². The van der Waals surface area contributed by atoms with Gasteiger partial charge in [-0.1, -0.05) is 6.92 Å². The van der Waals surface area contributed by atoms with Crippen LogP contribution in [0.1, 0.15) is 13.3 Å². The van der Waals surface area contributed by atoms with Crippen molar-refractivity contribution in [2.24, 2.45) is 0 Å². The fraction of sp³-hybridized carbons (Fsp3) is 0.583. The number of nitrogens with one attached hydrogen (secondary N) is 1. The first-order valence-corrected chi connectivity index (χ1v) is 6.13. The fourth-order valence-corrected chi connectivity index (χ4v) is 1.37. The second kappa shape index (κ2) is 6.86. The molecule has 0 fully saturated rings. The number of rotatable bonds is 6. The van der Waals surface area contributed by atoms with Crippen LogP contribution in [0.3, 0.4) is 0 Å². The highest BCUT2D eigenvalue weighted by Crippen LogP contribution is 2.15. The molecule has 1 heterocycles. The van der Waals surface area contributed by atoms with E-state index in [2.05, 4.69) is 15.3 Å². The molecule has 0 aliphatic carbocycles. The van der Waals surface area contributed by atoms with E-state index in [0.29, 0.717) is 12.5 Å². The number of likely N-dealkylation sites (N-methyl/N-ethyl adjacent to an activating group) is 2. The quantitative estimate of drug-likeness (QED) is 0.833. The highest BCUT2D eigenvalue weighted by molar-refractivity contribution is 5.80. The predicted octanol–water partition coefficient (Wildman–Crippen LogP) is 0.962. The maximum Gasteiger partial charge on any atom is 0.241 e. The monoisotopic (exact) mass is 269 g/mol. The molecule has 7 heteroatoms. The van der Waals surface area contributed by atoms with Gasteiger partial charge in [0, 0.05) is 27.7 Å². The molecule has 0 aromatic carbocycles. The molecule has 0 aliphatic rings. The van der Waals surface area contributed by atoms with E-state index in [1.165, 1.54) is 9.80 Å². The maximum absolute atomic E-state index is 13.7. The third-order valence-corrected chi connectivity index (χ3v) is 2.49. The number of carbonyl (C=O) groups excluding carboxylic acids is 1. The SMILES string of the molecule is CCCNc1ncc(F)c(N(C)CC(=O)N(C)C)n1. The van der Waals surface area contributed by atoms with Crippen LogP contribution < -0.4 is 10.2 Å². The first-order chi connectivity index (χ1) is 8.95. The van der Waals surface area contributed by atoms with Crippen LogP contribution in [-0.2, 0) is 4.79 Å². The zero-order valence-corrected chi connectivity index (χ0v) is 11.8. The Morgan fingerprint density at radius 3 is 2.68 bits per heavy atom. The van der Waals surface area contributed by atoms with Crippen LogP contribution in [-0.4, -0.2) is 55.0 Å². The normalized spacial score (nSPS) is 10.2. The standard InChI is InChI=1S/C12H20FN5O/c1-5-6-14-12-15-7-9(13)11(16-12)18(4)8-10(19)17(2)3/h7H,5-6,8H2,1-4H3,(H,14,15,16). The molecule has 1 rings (SSSR count). The Morgan fingerprint density at radius 1 is 1.42 bits per heavy atom. The lowest BCUT2D eigenvalue weighted by molar-refractivity contribution is -0.127. The third kappa shape index (κ3) is 4.35. The molecule has 0 spiro atoms. The highest BCUT2D eigenvalue weighted by Gasteiger charge is 2.15. The van der Waals surface area contributed by atoms with E-state index in [1.54, 1.807) is 21.1 Å². The predicted molar refractivity (Wildman–Crippen MR) is 72.7 cm³/mol. The van der Waals surface area contributed by atoms with Crippen molar-refractivity contribution < 1.29 is 9.18 Å². The average Bonchev–Trinajstić information content (AvgIpc) is 2.37. The molecule has 0 bridgehead atoms. The van der Waals surface area contributed by atoms with Gasteiger partial charge in [0.25, 0.3) is 0 Å². The van der Waals surface area contributed by atoms with Crippen LogP contribution in [0.5, 0.6) is 0 Å². The Balaban J connectivity index is 2.82. The summed E-state index contributed by atoms with van der Waals surface area (Å²) in [6.07, 6.45) is 2.03. The zero-order chi connectivity index (χ0) is 14.4. The largest absolute Gasteiger partial charge is 0.354 e. The van der Waals surface area contributed by atoms with Crippen molar-refractivity contribution in [3.05, 3.63) is 12.0 Å². The lowest BCUT2D eigenvalue weighted by Gasteiger charge is -2.20. The minimum absolute atomic E-state index is 0.0636. The molecule has 1 aromatic heterocycles. The van der Waals surface area contributed by atoms with Crippen LogP contribution in [0.4, 0.5) is 16.2 Å². The number of hydrogen-bond acceptors (Lipinski definition) is 5. The summed E-state index contributed by atoms with van der Waals surface area (Å²) in [5.41, 5.74) is 0. The Labute approximate surface area is 112 Å². The van der Waals surface area contributed by atoms with Gasteiger partial charge < -0.3 is 15.1 Å². The summed E-state index contributed by atoms with van der Waals surface area (Å²) in [6, 6.07) is 0. The molecular weight excluding hydrogens is 249 g/mol. The number of hydrogen-bond donors (Lipinski definition) is 1. The van der Waals surface area contributed by atoms with Crippen molar-refractivity contribution in [2.75, 3.05) is 44.4 Å². The van der Waals surface area contributed by atoms with Gasteiger partial charge >= 0.3 is 0 Å². The van der Waals surface area contributed by atoms with Gasteiger partial charge in [-0.05, 0) is 6.42 Å². The minimum atomic E-state index is -0.545.